The molecule has 0 aliphatic heterocycles. The highest BCUT2D eigenvalue weighted by atomic mass is 16.2. The van der Waals surface area contributed by atoms with Gasteiger partial charge in [-0.3, -0.25) is 0 Å². The Morgan fingerprint density at radius 3 is 1.17 bits per heavy atom. The van der Waals surface area contributed by atoms with Gasteiger partial charge in [-0.2, -0.15) is 0 Å². The second-order valence-corrected chi connectivity index (χ2v) is 4.90. The highest BCUT2D eigenvalue weighted by molar-refractivity contribution is 4.96. The van der Waals surface area contributed by atoms with Crippen molar-refractivity contribution in [3.8, 4) is 0 Å². The van der Waals surface area contributed by atoms with Gasteiger partial charge < -0.3 is 5.11 Å². The first-order valence-corrected chi connectivity index (χ1v) is 12.3. The van der Waals surface area contributed by atoms with Crippen LogP contribution in [-0.2, 0) is 0 Å². The van der Waals surface area contributed by atoms with Gasteiger partial charge in [-0.15, -0.1) is 0 Å². The van der Waals surface area contributed by atoms with Gasteiger partial charge in [0.1, 0.15) is 0 Å². The lowest BCUT2D eigenvalue weighted by Gasteiger charge is -1.93. The third-order valence-corrected chi connectivity index (χ3v) is 2.41. The van der Waals surface area contributed by atoms with Crippen LogP contribution in [0.2, 0.25) is 0 Å². The number of hydrogen-bond acceptors (Lipinski definition) is 1. The summed E-state index contributed by atoms with van der Waals surface area (Å²) in [4.78, 5) is 0. The first-order chi connectivity index (χ1) is 14.1. The minimum absolute atomic E-state index is 1.00. The van der Waals surface area contributed by atoms with Gasteiger partial charge in [0.2, 0.25) is 0 Å². The topological polar surface area (TPSA) is 20.2 Å². The predicted octanol–water partition coefficient (Wildman–Crippen LogP) is 11.2. The zero-order valence-corrected chi connectivity index (χ0v) is 24.1. The molecule has 0 aromatic rings. The number of allylic oxidation sites excluding steroid dienone is 6. The van der Waals surface area contributed by atoms with Crippen molar-refractivity contribution in [2.24, 2.45) is 0 Å². The normalized spacial score (nSPS) is 8.24. The summed E-state index contributed by atoms with van der Waals surface area (Å²) in [6, 6.07) is 0. The van der Waals surface area contributed by atoms with Gasteiger partial charge in [-0.25, -0.2) is 0 Å². The lowest BCUT2D eigenvalue weighted by molar-refractivity contribution is 0.399. The van der Waals surface area contributed by atoms with Crippen LogP contribution in [0.3, 0.4) is 0 Å². The van der Waals surface area contributed by atoms with Crippen LogP contribution in [-0.4, -0.2) is 12.2 Å². The molecule has 0 rings (SSSR count). The van der Waals surface area contributed by atoms with Crippen molar-refractivity contribution in [1.29, 1.82) is 0 Å². The predicted molar refractivity (Wildman–Crippen MR) is 147 cm³/mol. The third kappa shape index (κ3) is 204. The number of aliphatic hydroxyl groups is 1. The van der Waals surface area contributed by atoms with Gasteiger partial charge in [-0.1, -0.05) is 131 Å². The van der Waals surface area contributed by atoms with E-state index in [9.17, 15) is 0 Å². The van der Waals surface area contributed by atoms with Gasteiger partial charge in [-0.05, 0) is 47.0 Å². The SMILES string of the molecule is C/C=C/CC.C/C=C\C.CC.CC.CC.CCC.CCCC/C=C(\C)CC.CO. The van der Waals surface area contributed by atoms with Gasteiger partial charge in [0, 0.05) is 7.11 Å². The molecule has 0 atom stereocenters. The second-order valence-electron chi connectivity index (χ2n) is 4.90. The molecule has 0 bridgehead atoms. The lowest BCUT2D eigenvalue weighted by Crippen LogP contribution is -1.72. The minimum Gasteiger partial charge on any atom is -0.400 e. The molecule has 0 aliphatic rings. The average molecular weight is 419 g/mol. The van der Waals surface area contributed by atoms with E-state index in [1.165, 1.54) is 37.7 Å². The molecule has 0 spiro atoms. The summed E-state index contributed by atoms with van der Waals surface area (Å²) in [6.07, 6.45) is 18.1. The fourth-order valence-electron chi connectivity index (χ4n) is 0.933. The monoisotopic (exact) mass is 419 g/mol. The first kappa shape index (κ1) is 51.1. The summed E-state index contributed by atoms with van der Waals surface area (Å²) < 4.78 is 0. The van der Waals surface area contributed by atoms with Gasteiger partial charge in [0.15, 0.2) is 0 Å². The molecular weight excluding hydrogens is 352 g/mol. The number of hydrogen-bond donors (Lipinski definition) is 1. The van der Waals surface area contributed by atoms with Gasteiger partial charge in [0.05, 0.1) is 0 Å². The van der Waals surface area contributed by atoms with Crippen LogP contribution in [0, 0.1) is 0 Å². The second kappa shape index (κ2) is 107. The molecule has 0 fully saturated rings. The summed E-state index contributed by atoms with van der Waals surface area (Å²) >= 11 is 0. The molecule has 0 saturated heterocycles. The Hall–Kier alpha value is -0.820. The standard InChI is InChI=1S/C9H18.C5H10.C4H8.C3H8.3C2H6.CH4O/c1-4-6-7-8-9(3)5-2;1-3-5-4-2;1-3-4-2;1-3-2;4*1-2/h8H,4-7H2,1-3H3;3,5H,4H2,1-2H3;3-4H,1-2H3;3H2,1-2H3;3*1-2H3;2H,1H3/b9-8+;5-3+;4-3-;;;;;. The van der Waals surface area contributed by atoms with Crippen LogP contribution in [0.1, 0.15) is 142 Å². The van der Waals surface area contributed by atoms with Crippen molar-refractivity contribution in [2.45, 2.75) is 142 Å². The van der Waals surface area contributed by atoms with Crippen molar-refractivity contribution >= 4 is 0 Å². The average Bonchev–Trinajstić information content (AvgIpc) is 2.81. The van der Waals surface area contributed by atoms with Crippen LogP contribution in [0.15, 0.2) is 36.0 Å². The molecule has 0 unspecified atom stereocenters. The van der Waals surface area contributed by atoms with E-state index >= 15 is 0 Å². The summed E-state index contributed by atoms with van der Waals surface area (Å²) in [5, 5.41) is 7.00. The molecule has 184 valence electrons. The van der Waals surface area contributed by atoms with E-state index in [4.69, 9.17) is 5.11 Å². The molecule has 0 heterocycles. The van der Waals surface area contributed by atoms with E-state index in [0.717, 1.165) is 13.5 Å². The molecule has 0 radical (unpaired) electrons. The van der Waals surface area contributed by atoms with E-state index in [-0.39, 0.29) is 0 Å². The van der Waals surface area contributed by atoms with E-state index in [2.05, 4.69) is 59.8 Å². The summed E-state index contributed by atoms with van der Waals surface area (Å²) in [5.74, 6) is 0. The number of aliphatic hydroxyl groups excluding tert-OH is 1. The van der Waals surface area contributed by atoms with Gasteiger partial charge >= 0.3 is 0 Å². The molecule has 0 amide bonds. The van der Waals surface area contributed by atoms with Crippen molar-refractivity contribution in [3.05, 3.63) is 36.0 Å². The van der Waals surface area contributed by atoms with Crippen molar-refractivity contribution in [2.75, 3.05) is 7.11 Å². The number of unbranched alkanes of at least 4 members (excludes halogenated alkanes) is 2. The van der Waals surface area contributed by atoms with Gasteiger partial charge in [0.25, 0.3) is 0 Å². The summed E-state index contributed by atoms with van der Waals surface area (Å²) in [7, 11) is 1.00. The molecule has 0 aromatic heterocycles. The molecule has 0 aliphatic carbocycles. The Labute approximate surface area is 190 Å². The van der Waals surface area contributed by atoms with E-state index in [1.54, 1.807) is 0 Å². The third-order valence-electron chi connectivity index (χ3n) is 2.41. The zero-order valence-electron chi connectivity index (χ0n) is 24.1. The van der Waals surface area contributed by atoms with Crippen LogP contribution in [0.4, 0.5) is 0 Å². The maximum absolute atomic E-state index is 7.00. The maximum atomic E-state index is 7.00. The van der Waals surface area contributed by atoms with Crippen LogP contribution >= 0.6 is 0 Å². The maximum Gasteiger partial charge on any atom is 0.0319 e. The molecule has 29 heavy (non-hydrogen) atoms. The Bertz CT molecular complexity index is 208. The first-order valence-electron chi connectivity index (χ1n) is 12.3. The zero-order chi connectivity index (χ0) is 25.4. The van der Waals surface area contributed by atoms with Crippen molar-refractivity contribution in [3.63, 3.8) is 0 Å². The fraction of sp³-hybridized carbons (Fsp3) is 0.786. The molecule has 1 heteroatoms. The summed E-state index contributed by atoms with van der Waals surface area (Å²) in [6.45, 7) is 31.0. The lowest BCUT2D eigenvalue weighted by atomic mass is 10.1. The van der Waals surface area contributed by atoms with Crippen LogP contribution < -0.4 is 0 Å². The molecule has 0 saturated carbocycles. The van der Waals surface area contributed by atoms with Crippen LogP contribution in [0.5, 0.6) is 0 Å². The fourth-order valence-corrected chi connectivity index (χ4v) is 0.933. The van der Waals surface area contributed by atoms with Crippen molar-refractivity contribution in [1.82, 2.24) is 0 Å². The highest BCUT2D eigenvalue weighted by Crippen LogP contribution is 2.02. The number of rotatable bonds is 5. The molecule has 1 N–H and O–H groups in total. The Morgan fingerprint density at radius 1 is 0.690 bits per heavy atom. The largest absolute Gasteiger partial charge is 0.400 e. The van der Waals surface area contributed by atoms with E-state index < -0.39 is 0 Å². The van der Waals surface area contributed by atoms with E-state index in [0.29, 0.717) is 0 Å². The smallest absolute Gasteiger partial charge is 0.0319 e. The molecule has 0 aromatic carbocycles. The molecular formula is C28H66O. The Morgan fingerprint density at radius 2 is 1.03 bits per heavy atom. The van der Waals surface area contributed by atoms with Crippen molar-refractivity contribution < 1.29 is 5.11 Å². The quantitative estimate of drug-likeness (QED) is 0.347. The highest BCUT2D eigenvalue weighted by Gasteiger charge is 1.82. The van der Waals surface area contributed by atoms with E-state index in [1.807, 2.05) is 74.5 Å². The van der Waals surface area contributed by atoms with Crippen LogP contribution in [0.25, 0.3) is 0 Å². The summed E-state index contributed by atoms with van der Waals surface area (Å²) in [5.41, 5.74) is 1.53. The Balaban J connectivity index is -0.0000000319. The molecule has 1 nitrogen and oxygen atoms in total. The Kier molecular flexibility index (Phi) is 189. The minimum atomic E-state index is 1.00.